The Morgan fingerprint density at radius 3 is 2.08 bits per heavy atom. The van der Waals surface area contributed by atoms with Crippen LogP contribution in [0.5, 0.6) is 11.5 Å². The maximum atomic E-state index is 13.1. The average molecular weight is 823 g/mol. The minimum Gasteiger partial charge on any atom is -0.496 e. The number of likely N-dealkylation sites (tertiary alicyclic amines) is 2. The number of anilines is 1. The summed E-state index contributed by atoms with van der Waals surface area (Å²) in [4.78, 5) is 81.9. The Balaban J connectivity index is 0.804. The predicted octanol–water partition coefficient (Wildman–Crippen LogP) is 3.15. The number of imide groups is 1. The molecule has 0 aliphatic carbocycles. The zero-order chi connectivity index (χ0) is 42.3. The van der Waals surface area contributed by atoms with Crippen molar-refractivity contribution < 1.29 is 33.4 Å². The maximum Gasteiger partial charge on any atom is 0.274 e. The fourth-order valence-electron chi connectivity index (χ4n) is 8.54. The molecule has 1 atom stereocenters. The van der Waals surface area contributed by atoms with Crippen molar-refractivity contribution in [3.63, 3.8) is 0 Å². The number of ether oxygens (including phenoxy) is 2. The number of fused-ring (bicyclic) bond motifs is 1. The average Bonchev–Trinajstić information content (AvgIpc) is 3.76. The minimum atomic E-state index is -0.428. The van der Waals surface area contributed by atoms with E-state index in [0.717, 1.165) is 40.6 Å². The number of carbonyl (C=O) groups excluding carboxylic acids is 5. The number of H-pyrrole nitrogens is 1. The lowest BCUT2D eigenvalue weighted by molar-refractivity contribution is -0.138. The summed E-state index contributed by atoms with van der Waals surface area (Å²) in [7, 11) is 4.87. The third kappa shape index (κ3) is 9.65. The van der Waals surface area contributed by atoms with E-state index in [-0.39, 0.29) is 60.5 Å². The summed E-state index contributed by atoms with van der Waals surface area (Å²) in [6, 6.07) is 13.2. The van der Waals surface area contributed by atoms with Crippen LogP contribution in [0.15, 0.2) is 59.7 Å². The van der Waals surface area contributed by atoms with Gasteiger partial charge in [0.25, 0.3) is 5.56 Å². The summed E-state index contributed by atoms with van der Waals surface area (Å²) in [5.41, 5.74) is 4.84. The van der Waals surface area contributed by atoms with Crippen molar-refractivity contribution in [2.24, 2.45) is 7.05 Å². The monoisotopic (exact) mass is 822 g/mol. The van der Waals surface area contributed by atoms with Gasteiger partial charge >= 0.3 is 0 Å². The molecule has 7 rings (SSSR count). The topological polar surface area (TPSA) is 196 Å². The molecule has 5 heterocycles. The van der Waals surface area contributed by atoms with Crippen LogP contribution in [0, 0.1) is 0 Å². The summed E-state index contributed by atoms with van der Waals surface area (Å²) in [5.74, 6) is 0.747. The molecule has 0 bridgehead atoms. The number of pyridine rings is 1. The van der Waals surface area contributed by atoms with E-state index < -0.39 is 6.04 Å². The zero-order valence-electron chi connectivity index (χ0n) is 34.4. The van der Waals surface area contributed by atoms with Gasteiger partial charge < -0.3 is 44.8 Å². The molecule has 0 spiro atoms. The summed E-state index contributed by atoms with van der Waals surface area (Å²) >= 11 is 0. The van der Waals surface area contributed by atoms with Gasteiger partial charge in [0.15, 0.2) is 0 Å². The lowest BCUT2D eigenvalue weighted by atomic mass is 9.89. The van der Waals surface area contributed by atoms with Crippen LogP contribution >= 0.6 is 0 Å². The van der Waals surface area contributed by atoms with E-state index >= 15 is 0 Å². The highest BCUT2D eigenvalue weighted by Gasteiger charge is 2.29. The number of aromatic nitrogens is 2. The smallest absolute Gasteiger partial charge is 0.274 e. The molecule has 16 heteroatoms. The Morgan fingerprint density at radius 2 is 1.47 bits per heavy atom. The first-order valence-corrected chi connectivity index (χ1v) is 20.7. The van der Waals surface area contributed by atoms with Crippen LogP contribution in [0.1, 0.15) is 68.4 Å². The molecule has 318 valence electrons. The molecule has 3 aliphatic rings. The normalized spacial score (nSPS) is 17.7. The van der Waals surface area contributed by atoms with Gasteiger partial charge in [0, 0.05) is 99.7 Å². The lowest BCUT2D eigenvalue weighted by Gasteiger charge is -2.34. The van der Waals surface area contributed by atoms with Gasteiger partial charge in [0.05, 0.1) is 20.8 Å². The van der Waals surface area contributed by atoms with E-state index in [2.05, 4.69) is 38.4 Å². The molecule has 3 fully saturated rings. The number of nitrogens with one attached hydrogen (secondary N) is 5. The van der Waals surface area contributed by atoms with Crippen molar-refractivity contribution in [3.8, 4) is 22.6 Å². The number of rotatable bonds is 14. The Kier molecular flexibility index (Phi) is 13.2. The van der Waals surface area contributed by atoms with Crippen molar-refractivity contribution in [2.75, 3.05) is 52.3 Å². The van der Waals surface area contributed by atoms with Crippen LogP contribution in [0.25, 0.3) is 22.0 Å². The molecule has 1 unspecified atom stereocenters. The van der Waals surface area contributed by atoms with Crippen molar-refractivity contribution in [1.82, 2.24) is 35.3 Å². The van der Waals surface area contributed by atoms with Crippen LogP contribution < -0.4 is 36.3 Å². The Labute approximate surface area is 348 Å². The van der Waals surface area contributed by atoms with E-state index in [1.165, 1.54) is 10.1 Å². The largest absolute Gasteiger partial charge is 0.496 e. The van der Waals surface area contributed by atoms with Gasteiger partial charge in [0.2, 0.25) is 29.5 Å². The van der Waals surface area contributed by atoms with Crippen LogP contribution in [0.2, 0.25) is 0 Å². The van der Waals surface area contributed by atoms with Gasteiger partial charge in [-0.3, -0.25) is 34.1 Å². The SMILES string of the molecule is COc1cc(-c2cn(C)c(=O)c3[nH]ccc23)cc(OC)c1CNCC(=O)NC1CCN(C(=O)CCC(=O)N2CCC(c3ccc(NC4CCC(=O)NC4=O)cc3)CC2)CC1. The molecule has 0 radical (unpaired) electrons. The first kappa shape index (κ1) is 42.0. The number of benzene rings is 2. The first-order valence-electron chi connectivity index (χ1n) is 20.7. The van der Waals surface area contributed by atoms with Gasteiger partial charge in [0.1, 0.15) is 23.1 Å². The Morgan fingerprint density at radius 1 is 0.833 bits per heavy atom. The van der Waals surface area contributed by atoms with Crippen molar-refractivity contribution in [2.45, 2.75) is 75.9 Å². The highest BCUT2D eigenvalue weighted by atomic mass is 16.5. The van der Waals surface area contributed by atoms with Crippen molar-refractivity contribution in [3.05, 3.63) is 76.3 Å². The fourth-order valence-corrected chi connectivity index (χ4v) is 8.54. The standard InChI is InChI=1S/C44H54N8O8/c1-50-26-34(32-12-17-46-42(32)44(50)58)29-22-36(59-2)33(37(23-29)60-3)24-45-25-39(54)48-31-15-20-52(21-16-31)41(56)11-10-40(55)51-18-13-28(14-19-51)27-4-6-30(7-5-27)47-35-8-9-38(53)49-43(35)57/h4-7,12,17,22-23,26,28,31,35,45-47H,8-11,13-16,18-21,24-25H2,1-3H3,(H,48,54)(H,49,53,57). The quantitative estimate of drug-likeness (QED) is 0.118. The first-order chi connectivity index (χ1) is 29.0. The Hall–Kier alpha value is -6.16. The summed E-state index contributed by atoms with van der Waals surface area (Å²) < 4.78 is 13.0. The fraction of sp³-hybridized carbons (Fsp3) is 0.455. The highest BCUT2D eigenvalue weighted by molar-refractivity contribution is 6.01. The number of amides is 5. The maximum absolute atomic E-state index is 13.1. The third-order valence-electron chi connectivity index (χ3n) is 12.0. The van der Waals surface area contributed by atoms with Crippen LogP contribution in [0.3, 0.4) is 0 Å². The van der Waals surface area contributed by atoms with Crippen molar-refractivity contribution >= 4 is 46.1 Å². The lowest BCUT2D eigenvalue weighted by Crippen LogP contribution is -2.48. The number of aromatic amines is 1. The predicted molar refractivity (Wildman–Crippen MR) is 226 cm³/mol. The molecule has 5 amide bonds. The number of methoxy groups -OCH3 is 2. The second kappa shape index (κ2) is 18.8. The van der Waals surface area contributed by atoms with Gasteiger partial charge in [-0.2, -0.15) is 0 Å². The molecule has 0 saturated carbocycles. The zero-order valence-corrected chi connectivity index (χ0v) is 34.4. The van der Waals surface area contributed by atoms with Gasteiger partial charge in [-0.05, 0) is 79.5 Å². The third-order valence-corrected chi connectivity index (χ3v) is 12.0. The molecule has 60 heavy (non-hydrogen) atoms. The number of aryl methyl sites for hydroxylation is 1. The summed E-state index contributed by atoms with van der Waals surface area (Å²) in [6.45, 7) is 2.70. The molecule has 16 nitrogen and oxygen atoms in total. The number of piperidine rings is 3. The van der Waals surface area contributed by atoms with Crippen molar-refractivity contribution in [1.29, 1.82) is 0 Å². The molecule has 2 aromatic carbocycles. The van der Waals surface area contributed by atoms with E-state index in [1.54, 1.807) is 38.6 Å². The van der Waals surface area contributed by atoms with Gasteiger partial charge in [-0.15, -0.1) is 0 Å². The number of nitrogens with zero attached hydrogens (tertiary/aromatic N) is 3. The molecule has 3 aliphatic heterocycles. The van der Waals surface area contributed by atoms with Gasteiger partial charge in [-0.25, -0.2) is 0 Å². The van der Waals surface area contributed by atoms with E-state index in [9.17, 15) is 28.8 Å². The molecule has 2 aromatic heterocycles. The second-order valence-electron chi connectivity index (χ2n) is 15.8. The number of carbonyl (C=O) groups is 5. The second-order valence-corrected chi connectivity index (χ2v) is 15.8. The van der Waals surface area contributed by atoms with Crippen LogP contribution in [-0.4, -0.2) is 108 Å². The van der Waals surface area contributed by atoms with Crippen LogP contribution in [0.4, 0.5) is 5.69 Å². The Bertz CT molecular complexity index is 2260. The molecule has 3 saturated heterocycles. The summed E-state index contributed by atoms with van der Waals surface area (Å²) in [5, 5.41) is 12.7. The van der Waals surface area contributed by atoms with Gasteiger partial charge in [-0.1, -0.05) is 12.1 Å². The number of hydrogen-bond acceptors (Lipinski definition) is 10. The minimum absolute atomic E-state index is 0.00569. The van der Waals surface area contributed by atoms with E-state index in [1.807, 2.05) is 35.2 Å². The molecule has 5 N–H and O–H groups in total. The highest BCUT2D eigenvalue weighted by Crippen LogP contribution is 2.37. The van der Waals surface area contributed by atoms with E-state index in [0.29, 0.717) is 81.3 Å². The number of hydrogen-bond donors (Lipinski definition) is 5. The molecule has 4 aromatic rings. The molecular weight excluding hydrogens is 769 g/mol. The summed E-state index contributed by atoms with van der Waals surface area (Å²) in [6.07, 6.45) is 7.60. The van der Waals surface area contributed by atoms with Crippen LogP contribution in [-0.2, 0) is 37.6 Å². The van der Waals surface area contributed by atoms with E-state index in [4.69, 9.17) is 9.47 Å². The molecular formula is C44H54N8O8.